The maximum atomic E-state index is 10.6. The number of carbonyl (C=O) groups excluding carboxylic acids is 1. The van der Waals surface area contributed by atoms with Crippen molar-refractivity contribution in [3.8, 4) is 0 Å². The van der Waals surface area contributed by atoms with Crippen LogP contribution in [-0.2, 0) is 11.2 Å². The Hall–Kier alpha value is -1.49. The van der Waals surface area contributed by atoms with E-state index in [-0.39, 0.29) is 0 Å². The first-order valence-electron chi connectivity index (χ1n) is 5.99. The zero-order valence-corrected chi connectivity index (χ0v) is 9.98. The summed E-state index contributed by atoms with van der Waals surface area (Å²) < 4.78 is 5.31. The largest absolute Gasteiger partial charge is 0.381 e. The molecule has 0 amide bonds. The standard InChI is InChI=1S/C12H17N3O2/c1-2-11-12(13-7-10(8-16)14-11)15-9-3-5-17-6-4-9/h7-9H,2-6H2,1H3,(H,13,15). The molecule has 0 unspecified atom stereocenters. The Labute approximate surface area is 101 Å². The summed E-state index contributed by atoms with van der Waals surface area (Å²) in [6.45, 7) is 3.59. The van der Waals surface area contributed by atoms with Crippen LogP contribution in [0.5, 0.6) is 0 Å². The van der Waals surface area contributed by atoms with Crippen molar-refractivity contribution >= 4 is 12.1 Å². The minimum Gasteiger partial charge on any atom is -0.381 e. The number of ether oxygens (including phenoxy) is 1. The molecule has 17 heavy (non-hydrogen) atoms. The third-order valence-electron chi connectivity index (χ3n) is 2.88. The summed E-state index contributed by atoms with van der Waals surface area (Å²) in [5.41, 5.74) is 1.24. The molecule has 0 radical (unpaired) electrons. The van der Waals surface area contributed by atoms with Gasteiger partial charge in [0.05, 0.1) is 11.9 Å². The van der Waals surface area contributed by atoms with Crippen LogP contribution in [0.15, 0.2) is 6.20 Å². The van der Waals surface area contributed by atoms with Crippen LogP contribution in [-0.4, -0.2) is 35.5 Å². The van der Waals surface area contributed by atoms with Gasteiger partial charge in [-0.05, 0) is 19.3 Å². The number of aromatic nitrogens is 2. The summed E-state index contributed by atoms with van der Waals surface area (Å²) in [6.07, 6.45) is 4.97. The number of carbonyl (C=O) groups is 1. The molecule has 2 heterocycles. The van der Waals surface area contributed by atoms with Gasteiger partial charge in [0.25, 0.3) is 0 Å². The van der Waals surface area contributed by atoms with Gasteiger partial charge in [-0.15, -0.1) is 0 Å². The van der Waals surface area contributed by atoms with Crippen LogP contribution in [0.4, 0.5) is 5.82 Å². The van der Waals surface area contributed by atoms with E-state index in [0.717, 1.165) is 50.3 Å². The molecule has 1 aromatic rings. The fourth-order valence-corrected chi connectivity index (χ4v) is 1.90. The van der Waals surface area contributed by atoms with Gasteiger partial charge in [0.1, 0.15) is 11.5 Å². The van der Waals surface area contributed by atoms with E-state index in [1.807, 2.05) is 6.92 Å². The van der Waals surface area contributed by atoms with E-state index < -0.39 is 0 Å². The van der Waals surface area contributed by atoms with Gasteiger partial charge < -0.3 is 10.1 Å². The number of hydrogen-bond acceptors (Lipinski definition) is 5. The normalized spacial score (nSPS) is 16.8. The lowest BCUT2D eigenvalue weighted by molar-refractivity contribution is 0.0903. The first-order chi connectivity index (χ1) is 8.33. The van der Waals surface area contributed by atoms with E-state index in [2.05, 4.69) is 15.3 Å². The molecule has 1 aliphatic rings. The van der Waals surface area contributed by atoms with Crippen LogP contribution in [0, 0.1) is 0 Å². The lowest BCUT2D eigenvalue weighted by Crippen LogP contribution is -2.29. The van der Waals surface area contributed by atoms with Crippen LogP contribution in [0.2, 0.25) is 0 Å². The van der Waals surface area contributed by atoms with E-state index in [0.29, 0.717) is 11.7 Å². The highest BCUT2D eigenvalue weighted by Crippen LogP contribution is 2.16. The summed E-state index contributed by atoms with van der Waals surface area (Å²) >= 11 is 0. The van der Waals surface area contributed by atoms with Crippen molar-refractivity contribution in [1.29, 1.82) is 0 Å². The molecule has 0 spiro atoms. The Kier molecular flexibility index (Phi) is 4.03. The fourth-order valence-electron chi connectivity index (χ4n) is 1.90. The lowest BCUT2D eigenvalue weighted by atomic mass is 10.1. The second-order valence-corrected chi connectivity index (χ2v) is 4.09. The average molecular weight is 235 g/mol. The Morgan fingerprint density at radius 2 is 2.29 bits per heavy atom. The van der Waals surface area contributed by atoms with E-state index >= 15 is 0 Å². The van der Waals surface area contributed by atoms with Crippen molar-refractivity contribution in [3.63, 3.8) is 0 Å². The zero-order chi connectivity index (χ0) is 12.1. The number of anilines is 1. The molecule has 1 aliphatic heterocycles. The van der Waals surface area contributed by atoms with Gasteiger partial charge in [-0.25, -0.2) is 9.97 Å². The van der Waals surface area contributed by atoms with Crippen molar-refractivity contribution < 1.29 is 9.53 Å². The smallest absolute Gasteiger partial charge is 0.170 e. The number of aldehydes is 1. The Morgan fingerprint density at radius 1 is 1.53 bits per heavy atom. The van der Waals surface area contributed by atoms with Crippen LogP contribution < -0.4 is 5.32 Å². The molecular formula is C12H17N3O2. The highest BCUT2D eigenvalue weighted by molar-refractivity contribution is 5.71. The predicted octanol–water partition coefficient (Wildman–Crippen LogP) is 1.44. The Morgan fingerprint density at radius 3 is 2.94 bits per heavy atom. The van der Waals surface area contributed by atoms with Gasteiger partial charge in [0.2, 0.25) is 0 Å². The Bertz CT molecular complexity index is 389. The molecular weight excluding hydrogens is 218 g/mol. The molecule has 1 saturated heterocycles. The number of rotatable bonds is 4. The van der Waals surface area contributed by atoms with Gasteiger partial charge in [-0.1, -0.05) is 6.92 Å². The summed E-state index contributed by atoms with van der Waals surface area (Å²) in [5, 5.41) is 3.38. The first-order valence-corrected chi connectivity index (χ1v) is 5.99. The molecule has 0 bridgehead atoms. The van der Waals surface area contributed by atoms with Crippen molar-refractivity contribution in [2.24, 2.45) is 0 Å². The summed E-state index contributed by atoms with van der Waals surface area (Å²) in [4.78, 5) is 19.2. The van der Waals surface area contributed by atoms with Crippen LogP contribution in [0.1, 0.15) is 35.9 Å². The number of nitrogens with one attached hydrogen (secondary N) is 1. The van der Waals surface area contributed by atoms with Crippen molar-refractivity contribution in [2.75, 3.05) is 18.5 Å². The van der Waals surface area contributed by atoms with E-state index in [4.69, 9.17) is 4.74 Å². The third-order valence-corrected chi connectivity index (χ3v) is 2.88. The molecule has 5 heteroatoms. The predicted molar refractivity (Wildman–Crippen MR) is 64.3 cm³/mol. The molecule has 0 aromatic carbocycles. The minimum atomic E-state index is 0.388. The highest BCUT2D eigenvalue weighted by Gasteiger charge is 2.15. The van der Waals surface area contributed by atoms with Crippen molar-refractivity contribution in [3.05, 3.63) is 17.6 Å². The molecule has 1 N–H and O–H groups in total. The van der Waals surface area contributed by atoms with Crippen LogP contribution in [0.3, 0.4) is 0 Å². The van der Waals surface area contributed by atoms with Gasteiger partial charge in [-0.3, -0.25) is 4.79 Å². The monoisotopic (exact) mass is 235 g/mol. The van der Waals surface area contributed by atoms with Crippen molar-refractivity contribution in [1.82, 2.24) is 9.97 Å². The zero-order valence-electron chi connectivity index (χ0n) is 9.98. The second-order valence-electron chi connectivity index (χ2n) is 4.09. The third kappa shape index (κ3) is 3.00. The van der Waals surface area contributed by atoms with Gasteiger partial charge in [0, 0.05) is 19.3 Å². The molecule has 2 rings (SSSR count). The van der Waals surface area contributed by atoms with E-state index in [9.17, 15) is 4.79 Å². The maximum Gasteiger partial charge on any atom is 0.170 e. The number of hydrogen-bond donors (Lipinski definition) is 1. The van der Waals surface area contributed by atoms with E-state index in [1.54, 1.807) is 0 Å². The molecule has 1 fully saturated rings. The summed E-state index contributed by atoms with van der Waals surface area (Å²) in [7, 11) is 0. The average Bonchev–Trinajstić information content (AvgIpc) is 2.40. The van der Waals surface area contributed by atoms with Gasteiger partial charge in [-0.2, -0.15) is 0 Å². The quantitative estimate of drug-likeness (QED) is 0.800. The number of nitrogens with zero attached hydrogens (tertiary/aromatic N) is 2. The SMILES string of the molecule is CCc1nc(C=O)cnc1NC1CCOCC1. The van der Waals surface area contributed by atoms with Gasteiger partial charge in [0.15, 0.2) is 6.29 Å². The molecule has 0 atom stereocenters. The number of aryl methyl sites for hydroxylation is 1. The molecule has 1 aromatic heterocycles. The first kappa shape index (κ1) is 12.0. The molecule has 92 valence electrons. The topological polar surface area (TPSA) is 64.1 Å². The fraction of sp³-hybridized carbons (Fsp3) is 0.583. The maximum absolute atomic E-state index is 10.6. The highest BCUT2D eigenvalue weighted by atomic mass is 16.5. The van der Waals surface area contributed by atoms with Crippen LogP contribution in [0.25, 0.3) is 0 Å². The Balaban J connectivity index is 2.10. The molecule has 0 saturated carbocycles. The van der Waals surface area contributed by atoms with Crippen molar-refractivity contribution in [2.45, 2.75) is 32.2 Å². The minimum absolute atomic E-state index is 0.388. The summed E-state index contributed by atoms with van der Waals surface area (Å²) in [6, 6.07) is 0.394. The molecule has 5 nitrogen and oxygen atoms in total. The second kappa shape index (κ2) is 5.72. The summed E-state index contributed by atoms with van der Waals surface area (Å²) in [5.74, 6) is 0.796. The molecule has 0 aliphatic carbocycles. The van der Waals surface area contributed by atoms with Gasteiger partial charge >= 0.3 is 0 Å². The van der Waals surface area contributed by atoms with Crippen LogP contribution >= 0.6 is 0 Å². The van der Waals surface area contributed by atoms with E-state index in [1.165, 1.54) is 6.20 Å². The lowest BCUT2D eigenvalue weighted by Gasteiger charge is -2.24.